The van der Waals surface area contributed by atoms with E-state index in [1.807, 2.05) is 36.4 Å². The SMILES string of the molecule is NC(=O)C(CNC(=O)Nc1ccccc1)Cc1ccccc1Cl. The average molecular weight is 332 g/mol. The molecule has 0 heterocycles. The molecule has 0 fully saturated rings. The second kappa shape index (κ2) is 8.19. The summed E-state index contributed by atoms with van der Waals surface area (Å²) in [5.74, 6) is -1.01. The van der Waals surface area contributed by atoms with E-state index >= 15 is 0 Å². The van der Waals surface area contributed by atoms with E-state index in [-0.39, 0.29) is 12.6 Å². The van der Waals surface area contributed by atoms with Crippen molar-refractivity contribution in [2.45, 2.75) is 6.42 Å². The molecule has 1 unspecified atom stereocenters. The lowest BCUT2D eigenvalue weighted by Gasteiger charge is -2.15. The zero-order chi connectivity index (χ0) is 16.7. The fraction of sp³-hybridized carbons (Fsp3) is 0.176. The van der Waals surface area contributed by atoms with Crippen LogP contribution in [0.2, 0.25) is 5.02 Å². The van der Waals surface area contributed by atoms with Gasteiger partial charge in [-0.15, -0.1) is 0 Å². The van der Waals surface area contributed by atoms with Crippen molar-refractivity contribution >= 4 is 29.2 Å². The van der Waals surface area contributed by atoms with Crippen LogP contribution in [-0.2, 0) is 11.2 Å². The summed E-state index contributed by atoms with van der Waals surface area (Å²) in [5.41, 5.74) is 6.92. The molecule has 6 heteroatoms. The van der Waals surface area contributed by atoms with Gasteiger partial charge in [-0.1, -0.05) is 48.0 Å². The Labute approximate surface area is 139 Å². The van der Waals surface area contributed by atoms with Crippen LogP contribution in [0.3, 0.4) is 0 Å². The van der Waals surface area contributed by atoms with Crippen molar-refractivity contribution in [3.05, 3.63) is 65.2 Å². The van der Waals surface area contributed by atoms with Crippen LogP contribution in [0.15, 0.2) is 54.6 Å². The topological polar surface area (TPSA) is 84.2 Å². The molecule has 3 amide bonds. The van der Waals surface area contributed by atoms with Crippen molar-refractivity contribution in [3.63, 3.8) is 0 Å². The number of benzene rings is 2. The number of hydrogen-bond donors (Lipinski definition) is 3. The summed E-state index contributed by atoms with van der Waals surface area (Å²) in [6.45, 7) is 0.138. The molecule has 0 spiro atoms. The zero-order valence-corrected chi connectivity index (χ0v) is 13.2. The lowest BCUT2D eigenvalue weighted by Crippen LogP contribution is -2.39. The van der Waals surface area contributed by atoms with Gasteiger partial charge in [0.15, 0.2) is 0 Å². The van der Waals surface area contributed by atoms with Gasteiger partial charge in [0.1, 0.15) is 0 Å². The van der Waals surface area contributed by atoms with Gasteiger partial charge in [0.25, 0.3) is 0 Å². The van der Waals surface area contributed by atoms with Crippen molar-refractivity contribution < 1.29 is 9.59 Å². The van der Waals surface area contributed by atoms with E-state index in [0.717, 1.165) is 5.56 Å². The Morgan fingerprint density at radius 3 is 2.35 bits per heavy atom. The first-order valence-electron chi connectivity index (χ1n) is 7.19. The largest absolute Gasteiger partial charge is 0.369 e. The summed E-state index contributed by atoms with van der Waals surface area (Å²) < 4.78 is 0. The molecule has 23 heavy (non-hydrogen) atoms. The highest BCUT2D eigenvalue weighted by Crippen LogP contribution is 2.18. The number of primary amides is 1. The minimum Gasteiger partial charge on any atom is -0.369 e. The average Bonchev–Trinajstić information content (AvgIpc) is 2.53. The number of para-hydroxylation sites is 1. The van der Waals surface area contributed by atoms with Crippen LogP contribution in [0.5, 0.6) is 0 Å². The highest BCUT2D eigenvalue weighted by molar-refractivity contribution is 6.31. The van der Waals surface area contributed by atoms with Gasteiger partial charge in [0.05, 0.1) is 5.92 Å². The summed E-state index contributed by atoms with van der Waals surface area (Å²) in [7, 11) is 0. The monoisotopic (exact) mass is 331 g/mol. The van der Waals surface area contributed by atoms with Crippen molar-refractivity contribution in [2.75, 3.05) is 11.9 Å². The maximum Gasteiger partial charge on any atom is 0.319 e. The molecule has 0 saturated carbocycles. The Hall–Kier alpha value is -2.53. The third-order valence-corrected chi connectivity index (χ3v) is 3.74. The number of urea groups is 1. The van der Waals surface area contributed by atoms with E-state index < -0.39 is 11.8 Å². The number of hydrogen-bond acceptors (Lipinski definition) is 2. The molecule has 0 saturated heterocycles. The van der Waals surface area contributed by atoms with Crippen LogP contribution in [0.4, 0.5) is 10.5 Å². The summed E-state index contributed by atoms with van der Waals surface area (Å²) in [6.07, 6.45) is 0.376. The predicted octanol–water partition coefficient (Wildman–Crippen LogP) is 2.81. The molecule has 0 aliphatic rings. The molecule has 0 aliphatic heterocycles. The molecule has 0 aliphatic carbocycles. The summed E-state index contributed by atoms with van der Waals surface area (Å²) in [5, 5.41) is 5.92. The lowest BCUT2D eigenvalue weighted by atomic mass is 9.98. The van der Waals surface area contributed by atoms with E-state index in [9.17, 15) is 9.59 Å². The Bertz CT molecular complexity index is 677. The van der Waals surface area contributed by atoms with Gasteiger partial charge >= 0.3 is 6.03 Å². The molecule has 0 aromatic heterocycles. The number of carbonyl (C=O) groups is 2. The summed E-state index contributed by atoms with van der Waals surface area (Å²) >= 11 is 6.09. The molecule has 120 valence electrons. The highest BCUT2D eigenvalue weighted by atomic mass is 35.5. The summed E-state index contributed by atoms with van der Waals surface area (Å²) in [4.78, 5) is 23.5. The zero-order valence-electron chi connectivity index (χ0n) is 12.5. The molecule has 2 rings (SSSR count). The summed E-state index contributed by atoms with van der Waals surface area (Å²) in [6, 6.07) is 15.9. The Morgan fingerprint density at radius 1 is 1.04 bits per heavy atom. The number of rotatable bonds is 6. The smallest absolute Gasteiger partial charge is 0.319 e. The Morgan fingerprint density at radius 2 is 1.70 bits per heavy atom. The van der Waals surface area contributed by atoms with Crippen molar-refractivity contribution in [3.8, 4) is 0 Å². The highest BCUT2D eigenvalue weighted by Gasteiger charge is 2.18. The first-order chi connectivity index (χ1) is 11.1. The normalized spacial score (nSPS) is 11.5. The van der Waals surface area contributed by atoms with Crippen LogP contribution in [-0.4, -0.2) is 18.5 Å². The van der Waals surface area contributed by atoms with E-state index in [0.29, 0.717) is 17.1 Å². The molecule has 2 aromatic rings. The fourth-order valence-electron chi connectivity index (χ4n) is 2.12. The third kappa shape index (κ3) is 5.30. The fourth-order valence-corrected chi connectivity index (χ4v) is 2.33. The Balaban J connectivity index is 1.91. The molecule has 0 radical (unpaired) electrons. The van der Waals surface area contributed by atoms with Crippen molar-refractivity contribution in [1.29, 1.82) is 0 Å². The van der Waals surface area contributed by atoms with Crippen molar-refractivity contribution in [2.24, 2.45) is 11.7 Å². The molecular weight excluding hydrogens is 314 g/mol. The van der Waals surface area contributed by atoms with Gasteiger partial charge < -0.3 is 16.4 Å². The first-order valence-corrected chi connectivity index (χ1v) is 7.56. The number of anilines is 1. The van der Waals surface area contributed by atoms with Gasteiger partial charge in [-0.3, -0.25) is 4.79 Å². The molecule has 4 N–H and O–H groups in total. The Kier molecular flexibility index (Phi) is 6.00. The van der Waals surface area contributed by atoms with Crippen LogP contribution >= 0.6 is 11.6 Å². The maximum atomic E-state index is 11.9. The maximum absolute atomic E-state index is 11.9. The molecule has 1 atom stereocenters. The van der Waals surface area contributed by atoms with Gasteiger partial charge in [0.2, 0.25) is 5.91 Å². The van der Waals surface area contributed by atoms with Crippen LogP contribution in [0.25, 0.3) is 0 Å². The predicted molar refractivity (Wildman–Crippen MR) is 91.3 cm³/mol. The number of carbonyl (C=O) groups excluding carboxylic acids is 2. The van der Waals surface area contributed by atoms with Gasteiger partial charge in [-0.25, -0.2) is 4.79 Å². The van der Waals surface area contributed by atoms with E-state index in [1.165, 1.54) is 0 Å². The second-order valence-electron chi connectivity index (χ2n) is 5.10. The van der Waals surface area contributed by atoms with E-state index in [2.05, 4.69) is 10.6 Å². The van der Waals surface area contributed by atoms with Crippen LogP contribution in [0, 0.1) is 5.92 Å². The lowest BCUT2D eigenvalue weighted by molar-refractivity contribution is -0.121. The van der Waals surface area contributed by atoms with E-state index in [4.69, 9.17) is 17.3 Å². The van der Waals surface area contributed by atoms with Gasteiger partial charge in [0, 0.05) is 17.3 Å². The number of nitrogens with two attached hydrogens (primary N) is 1. The van der Waals surface area contributed by atoms with Crippen LogP contribution in [0.1, 0.15) is 5.56 Å². The molecule has 2 aromatic carbocycles. The minimum absolute atomic E-state index is 0.138. The number of amides is 3. The number of halogens is 1. The number of nitrogens with one attached hydrogen (secondary N) is 2. The minimum atomic E-state index is -0.531. The first kappa shape index (κ1) is 16.8. The van der Waals surface area contributed by atoms with Crippen molar-refractivity contribution in [1.82, 2.24) is 5.32 Å². The van der Waals surface area contributed by atoms with Gasteiger partial charge in [-0.2, -0.15) is 0 Å². The third-order valence-electron chi connectivity index (χ3n) is 3.37. The standard InChI is InChI=1S/C17H18ClN3O2/c18-15-9-5-4-6-12(15)10-13(16(19)22)11-20-17(23)21-14-7-2-1-3-8-14/h1-9,13H,10-11H2,(H2,19,22)(H2,20,21,23). The van der Waals surface area contributed by atoms with Gasteiger partial charge in [-0.05, 0) is 30.2 Å². The quantitative estimate of drug-likeness (QED) is 0.760. The molecular formula is C17H18ClN3O2. The second-order valence-corrected chi connectivity index (χ2v) is 5.50. The molecule has 5 nitrogen and oxygen atoms in total. The molecule has 0 bridgehead atoms. The van der Waals surface area contributed by atoms with Crippen LogP contribution < -0.4 is 16.4 Å². The van der Waals surface area contributed by atoms with E-state index in [1.54, 1.807) is 18.2 Å².